The Morgan fingerprint density at radius 2 is 1.71 bits per heavy atom. The summed E-state index contributed by atoms with van der Waals surface area (Å²) in [5.41, 5.74) is 0.817. The fraction of sp³-hybridized carbons (Fsp3) is 0.538. The van der Waals surface area contributed by atoms with Gasteiger partial charge in [0, 0.05) is 18.2 Å². The van der Waals surface area contributed by atoms with Gasteiger partial charge in [-0.2, -0.15) is 0 Å². The molecule has 0 radical (unpaired) electrons. The molecule has 0 amide bonds. The van der Waals surface area contributed by atoms with Crippen LogP contribution in [-0.4, -0.2) is 16.6 Å². The van der Waals surface area contributed by atoms with Gasteiger partial charge in [0.2, 0.25) is 0 Å². The molecule has 1 aromatic rings. The van der Waals surface area contributed by atoms with Crippen molar-refractivity contribution in [3.8, 4) is 0 Å². The number of nitro benzene ring substituents is 1. The summed E-state index contributed by atoms with van der Waals surface area (Å²) < 4.78 is 0. The third kappa shape index (κ3) is 7.47. The van der Waals surface area contributed by atoms with E-state index in [1.165, 1.54) is 6.07 Å². The maximum Gasteiger partial charge on any atom is 0.272 e. The van der Waals surface area contributed by atoms with Crippen LogP contribution in [0.25, 0.3) is 0 Å². The molecule has 0 spiro atoms. The van der Waals surface area contributed by atoms with E-state index in [0.29, 0.717) is 18.4 Å². The molecule has 0 aliphatic carbocycles. The summed E-state index contributed by atoms with van der Waals surface area (Å²) >= 11 is 0. The largest absolute Gasteiger partial charge is 0.396 e. The van der Waals surface area contributed by atoms with E-state index in [-0.39, 0.29) is 12.3 Å². The molecule has 98 valence electrons. The van der Waals surface area contributed by atoms with Crippen LogP contribution in [0.15, 0.2) is 24.3 Å². The summed E-state index contributed by atoms with van der Waals surface area (Å²) in [5, 5.41) is 19.1. The van der Waals surface area contributed by atoms with Crippen LogP contribution in [0.5, 0.6) is 0 Å². The first-order valence-electron chi connectivity index (χ1n) is 6.09. The summed E-state index contributed by atoms with van der Waals surface area (Å²) in [5.74, 6) is 0. The van der Waals surface area contributed by atoms with Gasteiger partial charge in [-0.05, 0) is 12.8 Å². The topological polar surface area (TPSA) is 63.4 Å². The van der Waals surface area contributed by atoms with Gasteiger partial charge in [0.15, 0.2) is 0 Å². The van der Waals surface area contributed by atoms with Crippen molar-refractivity contribution in [2.75, 3.05) is 6.61 Å². The van der Waals surface area contributed by atoms with E-state index in [1.807, 2.05) is 27.7 Å². The second-order valence-electron chi connectivity index (χ2n) is 2.71. The minimum absolute atomic E-state index is 0.0616. The van der Waals surface area contributed by atoms with Gasteiger partial charge in [-0.25, -0.2) is 0 Å². The molecule has 0 atom stereocenters. The second-order valence-corrected chi connectivity index (χ2v) is 2.71. The molecule has 0 aliphatic heterocycles. The maximum absolute atomic E-state index is 10.5. The van der Waals surface area contributed by atoms with Crippen molar-refractivity contribution in [2.24, 2.45) is 0 Å². The van der Waals surface area contributed by atoms with Crippen LogP contribution in [0.4, 0.5) is 5.69 Å². The van der Waals surface area contributed by atoms with E-state index < -0.39 is 4.92 Å². The Balaban J connectivity index is 0. The zero-order valence-corrected chi connectivity index (χ0v) is 11.1. The number of nitro groups is 1. The molecule has 1 N–H and O–H groups in total. The van der Waals surface area contributed by atoms with Crippen LogP contribution in [0, 0.1) is 10.1 Å². The van der Waals surface area contributed by atoms with E-state index >= 15 is 0 Å². The van der Waals surface area contributed by atoms with Crippen LogP contribution in [0.1, 0.15) is 39.7 Å². The summed E-state index contributed by atoms with van der Waals surface area (Å²) in [6.07, 6.45) is 1.11. The molecular weight excluding hydrogens is 218 g/mol. The number of para-hydroxylation sites is 1. The molecule has 0 saturated carbocycles. The van der Waals surface area contributed by atoms with Crippen molar-refractivity contribution in [2.45, 2.75) is 40.5 Å². The highest BCUT2D eigenvalue weighted by Crippen LogP contribution is 2.18. The summed E-state index contributed by atoms with van der Waals surface area (Å²) in [6, 6.07) is 6.60. The fourth-order valence-corrected chi connectivity index (χ4v) is 1.17. The fourth-order valence-electron chi connectivity index (χ4n) is 1.17. The minimum atomic E-state index is -0.396. The van der Waals surface area contributed by atoms with Gasteiger partial charge in [-0.3, -0.25) is 10.1 Å². The quantitative estimate of drug-likeness (QED) is 0.647. The monoisotopic (exact) mass is 241 g/mol. The lowest BCUT2D eigenvalue weighted by Crippen LogP contribution is -1.96. The SMILES string of the molecule is CC.CC.O=[N+]([O-])c1ccccc1CCCO. The van der Waals surface area contributed by atoms with Crippen molar-refractivity contribution in [1.82, 2.24) is 0 Å². The predicted octanol–water partition coefficient (Wildman–Crippen LogP) is 3.57. The summed E-state index contributed by atoms with van der Waals surface area (Å²) in [7, 11) is 0. The third-order valence-electron chi connectivity index (χ3n) is 1.79. The molecule has 4 heteroatoms. The average molecular weight is 241 g/mol. The molecular formula is C13H23NO3. The van der Waals surface area contributed by atoms with Crippen LogP contribution in [0.3, 0.4) is 0 Å². The molecule has 0 unspecified atom stereocenters. The van der Waals surface area contributed by atoms with E-state index in [2.05, 4.69) is 0 Å². The Hall–Kier alpha value is -1.42. The number of aryl methyl sites for hydroxylation is 1. The van der Waals surface area contributed by atoms with Crippen LogP contribution < -0.4 is 0 Å². The van der Waals surface area contributed by atoms with Crippen molar-refractivity contribution >= 4 is 5.69 Å². The lowest BCUT2D eigenvalue weighted by atomic mass is 10.1. The molecule has 0 bridgehead atoms. The van der Waals surface area contributed by atoms with Crippen LogP contribution in [-0.2, 0) is 6.42 Å². The Morgan fingerprint density at radius 3 is 2.18 bits per heavy atom. The normalized spacial score (nSPS) is 8.29. The summed E-state index contributed by atoms with van der Waals surface area (Å²) in [6.45, 7) is 8.06. The number of aliphatic hydroxyl groups is 1. The van der Waals surface area contributed by atoms with Gasteiger partial charge in [0.1, 0.15) is 0 Å². The number of benzene rings is 1. The Morgan fingerprint density at radius 1 is 1.18 bits per heavy atom. The number of nitrogens with zero attached hydrogens (tertiary/aromatic N) is 1. The van der Waals surface area contributed by atoms with E-state index in [4.69, 9.17) is 5.11 Å². The van der Waals surface area contributed by atoms with Gasteiger partial charge in [-0.15, -0.1) is 0 Å². The summed E-state index contributed by atoms with van der Waals surface area (Å²) in [4.78, 5) is 10.1. The Kier molecular flexibility index (Phi) is 13.4. The highest BCUT2D eigenvalue weighted by Gasteiger charge is 2.10. The maximum atomic E-state index is 10.5. The van der Waals surface area contributed by atoms with Crippen LogP contribution in [0.2, 0.25) is 0 Å². The predicted molar refractivity (Wildman–Crippen MR) is 71.2 cm³/mol. The zero-order chi connectivity index (χ0) is 13.7. The van der Waals surface area contributed by atoms with Crippen molar-refractivity contribution < 1.29 is 10.0 Å². The first-order chi connectivity index (χ1) is 8.25. The molecule has 0 fully saturated rings. The zero-order valence-electron chi connectivity index (χ0n) is 11.1. The Labute approximate surface area is 103 Å². The third-order valence-corrected chi connectivity index (χ3v) is 1.79. The highest BCUT2D eigenvalue weighted by molar-refractivity contribution is 5.39. The molecule has 0 aromatic heterocycles. The van der Waals surface area contributed by atoms with E-state index in [9.17, 15) is 10.1 Å². The van der Waals surface area contributed by atoms with Gasteiger partial charge in [0.25, 0.3) is 5.69 Å². The van der Waals surface area contributed by atoms with Crippen molar-refractivity contribution in [3.05, 3.63) is 39.9 Å². The molecule has 1 aromatic carbocycles. The standard InChI is InChI=1S/C9H11NO3.2C2H6/c11-7-3-5-8-4-1-2-6-9(8)10(12)13;2*1-2/h1-2,4,6,11H,3,5,7H2;2*1-2H3. The van der Waals surface area contributed by atoms with Gasteiger partial charge in [0.05, 0.1) is 4.92 Å². The highest BCUT2D eigenvalue weighted by atomic mass is 16.6. The van der Waals surface area contributed by atoms with Gasteiger partial charge >= 0.3 is 0 Å². The molecule has 0 heterocycles. The lowest BCUT2D eigenvalue weighted by molar-refractivity contribution is -0.385. The molecule has 0 saturated heterocycles. The molecule has 17 heavy (non-hydrogen) atoms. The minimum Gasteiger partial charge on any atom is -0.396 e. The van der Waals surface area contributed by atoms with Gasteiger partial charge < -0.3 is 5.11 Å². The number of hydrogen-bond donors (Lipinski definition) is 1. The smallest absolute Gasteiger partial charge is 0.272 e. The van der Waals surface area contributed by atoms with E-state index in [1.54, 1.807) is 18.2 Å². The van der Waals surface area contributed by atoms with Crippen molar-refractivity contribution in [3.63, 3.8) is 0 Å². The molecule has 1 rings (SSSR count). The first kappa shape index (κ1) is 18.0. The second kappa shape index (κ2) is 12.6. The van der Waals surface area contributed by atoms with Crippen molar-refractivity contribution in [1.29, 1.82) is 0 Å². The first-order valence-corrected chi connectivity index (χ1v) is 6.09. The molecule has 0 aliphatic rings. The number of rotatable bonds is 4. The number of aliphatic hydroxyl groups excluding tert-OH is 1. The average Bonchev–Trinajstić information content (AvgIpc) is 2.41. The number of hydrogen-bond acceptors (Lipinski definition) is 3. The van der Waals surface area contributed by atoms with Crippen LogP contribution >= 0.6 is 0 Å². The molecule has 4 nitrogen and oxygen atoms in total. The van der Waals surface area contributed by atoms with Gasteiger partial charge in [-0.1, -0.05) is 45.9 Å². The lowest BCUT2D eigenvalue weighted by Gasteiger charge is -2.00. The van der Waals surface area contributed by atoms with E-state index in [0.717, 1.165) is 0 Å². The Bertz CT molecular complexity index is 300.